The minimum atomic E-state index is -4.74. The number of hydrogen-bond acceptors (Lipinski definition) is 4. The van der Waals surface area contributed by atoms with Gasteiger partial charge in [0.15, 0.2) is 10.8 Å². The number of aromatic hydroxyl groups is 1. The zero-order chi connectivity index (χ0) is 26.3. The van der Waals surface area contributed by atoms with Crippen LogP contribution in [0.3, 0.4) is 0 Å². The van der Waals surface area contributed by atoms with Gasteiger partial charge in [-0.05, 0) is 95.5 Å². The average Bonchev–Trinajstić information content (AvgIpc) is 2.91. The number of hydrogen-bond donors (Lipinski definition) is 1. The van der Waals surface area contributed by atoms with Crippen LogP contribution in [0.2, 0.25) is 0 Å². The minimum absolute atomic E-state index is 0.0479. The van der Waals surface area contributed by atoms with Crippen molar-refractivity contribution in [3.05, 3.63) is 59.4 Å². The molecule has 0 bridgehead atoms. The molecule has 0 amide bonds. The molecule has 1 saturated heterocycles. The molecular formula is C24H23F3N4O2S2. The van der Waals surface area contributed by atoms with Crippen LogP contribution in [0.5, 0.6) is 5.75 Å². The summed E-state index contributed by atoms with van der Waals surface area (Å²) in [6.45, 7) is 16.1. The molecule has 3 rings (SSSR count). The molecule has 2 aromatic rings. The molecule has 6 nitrogen and oxygen atoms in total. The van der Waals surface area contributed by atoms with Gasteiger partial charge in [-0.2, -0.15) is 18.2 Å². The van der Waals surface area contributed by atoms with Crippen LogP contribution in [-0.2, 0) is 10.9 Å². The molecule has 0 atom stereocenters. The summed E-state index contributed by atoms with van der Waals surface area (Å²) in [6, 6.07) is 9.59. The third kappa shape index (κ3) is 5.39. The Balaban J connectivity index is 2.24. The Morgan fingerprint density at radius 3 is 2.17 bits per heavy atom. The van der Waals surface area contributed by atoms with Crippen LogP contribution >= 0.6 is 24.4 Å². The quantitative estimate of drug-likeness (QED) is 0.345. The topological polar surface area (TPSA) is 52.7 Å². The van der Waals surface area contributed by atoms with Crippen LogP contribution in [0.15, 0.2) is 47.5 Å². The Labute approximate surface area is 212 Å². The molecule has 11 heteroatoms. The van der Waals surface area contributed by atoms with E-state index < -0.39 is 28.6 Å². The molecule has 1 aliphatic heterocycles. The number of alkyl halides is 3. The lowest BCUT2D eigenvalue weighted by molar-refractivity contribution is -0.136. The van der Waals surface area contributed by atoms with Crippen LogP contribution in [-0.4, -0.2) is 32.4 Å². The average molecular weight is 521 g/mol. The van der Waals surface area contributed by atoms with Gasteiger partial charge in [-0.15, -0.1) is 0 Å². The van der Waals surface area contributed by atoms with Gasteiger partial charge in [0.05, 0.1) is 12.1 Å². The first-order valence-electron chi connectivity index (χ1n) is 10.4. The first kappa shape index (κ1) is 26.4. The smallest absolute Gasteiger partial charge is 0.407 e. The van der Waals surface area contributed by atoms with Crippen LogP contribution < -0.4 is 9.80 Å². The number of benzene rings is 2. The summed E-state index contributed by atoms with van der Waals surface area (Å²) in [5.41, 5.74) is -2.57. The summed E-state index contributed by atoms with van der Waals surface area (Å²) in [5, 5.41) is 9.75. The van der Waals surface area contributed by atoms with E-state index in [2.05, 4.69) is 9.84 Å². The summed E-state index contributed by atoms with van der Waals surface area (Å²) < 4.78 is 46.9. The standard InChI is InChI=1S/C24H23F3N4O2S2/c1-22(2,3)33-20(34)29-19-23(4,5)31(14-7-10-16(32)11-8-14)21(35)30(19)15-9-12-18(28-6)17(13-15)24(25,26)27/h7-13,32H,1-5H3. The normalized spacial score (nSPS) is 17.0. The fraction of sp³-hybridized carbons (Fsp3) is 0.333. The third-order valence-corrected chi connectivity index (χ3v) is 5.60. The first-order valence-corrected chi connectivity index (χ1v) is 11.2. The molecule has 0 radical (unpaired) electrons. The van der Waals surface area contributed by atoms with E-state index in [0.717, 1.165) is 12.1 Å². The predicted octanol–water partition coefficient (Wildman–Crippen LogP) is 6.85. The van der Waals surface area contributed by atoms with Gasteiger partial charge in [-0.3, -0.25) is 4.90 Å². The number of phenols is 1. The van der Waals surface area contributed by atoms with Gasteiger partial charge in [-0.25, -0.2) is 4.85 Å². The molecule has 2 aromatic carbocycles. The van der Waals surface area contributed by atoms with Gasteiger partial charge in [0.25, 0.3) is 5.17 Å². The highest BCUT2D eigenvalue weighted by Crippen LogP contribution is 2.42. The number of rotatable bonds is 2. The van der Waals surface area contributed by atoms with Gasteiger partial charge in [-0.1, -0.05) is 6.07 Å². The lowest BCUT2D eigenvalue weighted by Gasteiger charge is -2.31. The van der Waals surface area contributed by atoms with Crippen LogP contribution in [0.25, 0.3) is 4.85 Å². The Hall–Kier alpha value is -3.23. The van der Waals surface area contributed by atoms with Gasteiger partial charge >= 0.3 is 6.18 Å². The number of halogens is 3. The van der Waals surface area contributed by atoms with Gasteiger partial charge in [0, 0.05) is 11.4 Å². The molecule has 0 saturated carbocycles. The van der Waals surface area contributed by atoms with E-state index in [9.17, 15) is 18.3 Å². The Bertz CT molecular complexity index is 1240. The van der Waals surface area contributed by atoms with Crippen molar-refractivity contribution >= 4 is 57.6 Å². The summed E-state index contributed by atoms with van der Waals surface area (Å²) in [5.74, 6) is 0.292. The van der Waals surface area contributed by atoms with Crippen molar-refractivity contribution in [2.45, 2.75) is 51.9 Å². The van der Waals surface area contributed by atoms with Gasteiger partial charge in [0.2, 0.25) is 0 Å². The fourth-order valence-corrected chi connectivity index (χ4v) is 4.48. The van der Waals surface area contributed by atoms with E-state index in [-0.39, 0.29) is 27.6 Å². The monoisotopic (exact) mass is 520 g/mol. The molecule has 0 unspecified atom stereocenters. The summed E-state index contributed by atoms with van der Waals surface area (Å²) in [6.07, 6.45) is -4.74. The maximum atomic E-state index is 13.7. The Morgan fingerprint density at radius 2 is 1.66 bits per heavy atom. The van der Waals surface area contributed by atoms with Crippen LogP contribution in [0, 0.1) is 6.57 Å². The van der Waals surface area contributed by atoms with Crippen molar-refractivity contribution < 1.29 is 23.0 Å². The van der Waals surface area contributed by atoms with Crippen LogP contribution in [0.1, 0.15) is 40.2 Å². The molecule has 1 aliphatic rings. The number of thiocarbonyl (C=S) groups is 2. The highest BCUT2D eigenvalue weighted by molar-refractivity contribution is 7.81. The molecule has 1 N–H and O–H groups in total. The van der Waals surface area contributed by atoms with Gasteiger partial charge in [0.1, 0.15) is 22.7 Å². The molecule has 1 fully saturated rings. The maximum Gasteiger partial charge on any atom is 0.407 e. The number of phenolic OH excluding ortho intramolecular Hbond substituents is 1. The van der Waals surface area contributed by atoms with Crippen molar-refractivity contribution in [1.82, 2.24) is 0 Å². The van der Waals surface area contributed by atoms with Crippen molar-refractivity contribution in [1.29, 1.82) is 0 Å². The second kappa shape index (κ2) is 9.09. The zero-order valence-corrected chi connectivity index (χ0v) is 21.3. The van der Waals surface area contributed by atoms with Crippen molar-refractivity contribution in [2.24, 2.45) is 4.99 Å². The van der Waals surface area contributed by atoms with E-state index in [1.165, 1.54) is 23.1 Å². The molecule has 0 spiro atoms. The number of amidine groups is 1. The second-order valence-corrected chi connectivity index (χ2v) is 9.97. The molecular weight excluding hydrogens is 497 g/mol. The molecule has 1 heterocycles. The lowest BCUT2D eigenvalue weighted by Crippen LogP contribution is -2.45. The van der Waals surface area contributed by atoms with Gasteiger partial charge < -0.3 is 14.7 Å². The second-order valence-electron chi connectivity index (χ2n) is 9.26. The molecule has 0 aromatic heterocycles. The highest BCUT2D eigenvalue weighted by Gasteiger charge is 2.49. The van der Waals surface area contributed by atoms with E-state index in [1.54, 1.807) is 51.7 Å². The predicted molar refractivity (Wildman–Crippen MR) is 138 cm³/mol. The van der Waals surface area contributed by atoms with Crippen molar-refractivity contribution in [2.75, 3.05) is 9.80 Å². The van der Waals surface area contributed by atoms with E-state index >= 15 is 0 Å². The largest absolute Gasteiger partial charge is 0.508 e. The van der Waals surface area contributed by atoms with E-state index in [4.69, 9.17) is 35.7 Å². The first-order chi connectivity index (χ1) is 16.1. The number of aliphatic imine (C=N–C) groups is 1. The zero-order valence-electron chi connectivity index (χ0n) is 19.6. The van der Waals surface area contributed by atoms with E-state index in [1.807, 2.05) is 0 Å². The molecule has 184 valence electrons. The van der Waals surface area contributed by atoms with Crippen LogP contribution in [0.4, 0.5) is 30.2 Å². The minimum Gasteiger partial charge on any atom is -0.508 e. The Morgan fingerprint density at radius 1 is 1.09 bits per heavy atom. The van der Waals surface area contributed by atoms with Crippen molar-refractivity contribution in [3.63, 3.8) is 0 Å². The number of ether oxygens (including phenoxy) is 1. The summed E-state index contributed by atoms with van der Waals surface area (Å²) in [4.78, 5) is 10.6. The fourth-order valence-electron chi connectivity index (χ4n) is 3.62. The molecule has 0 aliphatic carbocycles. The number of nitrogens with zero attached hydrogens (tertiary/aromatic N) is 4. The molecule has 35 heavy (non-hydrogen) atoms. The van der Waals surface area contributed by atoms with E-state index in [0.29, 0.717) is 5.69 Å². The SMILES string of the molecule is [C-]#[N+]c1ccc(N2C(=S)N(c3ccc(O)cc3)C(C)(C)C2=NC(=S)OC(C)(C)C)cc1C(F)(F)F. The highest BCUT2D eigenvalue weighted by atomic mass is 32.1. The lowest BCUT2D eigenvalue weighted by atomic mass is 10.0. The summed E-state index contributed by atoms with van der Waals surface area (Å²) in [7, 11) is 0. The summed E-state index contributed by atoms with van der Waals surface area (Å²) >= 11 is 11.1. The van der Waals surface area contributed by atoms with Crippen molar-refractivity contribution in [3.8, 4) is 5.75 Å². The third-order valence-electron chi connectivity index (χ3n) is 5.06. The Kier molecular flexibility index (Phi) is 6.85. The number of anilines is 2. The maximum absolute atomic E-state index is 13.7.